The molecule has 0 bridgehead atoms. The molecule has 26 heavy (non-hydrogen) atoms. The third-order valence-electron chi connectivity index (χ3n) is 4.19. The Kier molecular flexibility index (Phi) is 8.16. The molecule has 1 heterocycles. The Labute approximate surface area is 160 Å². The van der Waals surface area contributed by atoms with Gasteiger partial charge in [-0.1, -0.05) is 50.6 Å². The molecule has 0 unspecified atom stereocenters. The number of anilines is 1. The summed E-state index contributed by atoms with van der Waals surface area (Å²) < 4.78 is 0. The van der Waals surface area contributed by atoms with Crippen molar-refractivity contribution in [2.75, 3.05) is 18.4 Å². The zero-order chi connectivity index (χ0) is 18.9. The van der Waals surface area contributed by atoms with Gasteiger partial charge >= 0.3 is 0 Å². The molecule has 1 aliphatic rings. The molecule has 0 radical (unpaired) electrons. The van der Waals surface area contributed by atoms with Crippen LogP contribution in [-0.4, -0.2) is 40.2 Å². The number of benzene rings is 1. The van der Waals surface area contributed by atoms with Crippen molar-refractivity contribution in [2.45, 2.75) is 58.1 Å². The summed E-state index contributed by atoms with van der Waals surface area (Å²) in [5, 5.41) is 3.30. The topological polar surface area (TPSA) is 61.8 Å². The molecular weight excluding hydrogens is 346 g/mol. The number of aryl methyl sites for hydroxylation is 1. The number of nitrogens with zero attached hydrogens (tertiary/aromatic N) is 2. The molecular formula is C20H29N3O2S. The van der Waals surface area contributed by atoms with Crippen LogP contribution in [0, 0.1) is 6.92 Å². The van der Waals surface area contributed by atoms with E-state index in [0.29, 0.717) is 6.54 Å². The van der Waals surface area contributed by atoms with E-state index < -0.39 is 0 Å². The van der Waals surface area contributed by atoms with Crippen LogP contribution in [-0.2, 0) is 9.59 Å². The van der Waals surface area contributed by atoms with E-state index in [2.05, 4.69) is 24.2 Å². The Morgan fingerprint density at radius 1 is 1.27 bits per heavy atom. The Balaban J connectivity index is 2.00. The van der Waals surface area contributed by atoms with E-state index in [1.807, 2.05) is 31.2 Å². The van der Waals surface area contributed by atoms with E-state index in [1.54, 1.807) is 4.90 Å². The average molecular weight is 376 g/mol. The number of thioether (sulfide) groups is 1. The van der Waals surface area contributed by atoms with Crippen LogP contribution in [0.25, 0.3) is 0 Å². The molecule has 2 amide bonds. The van der Waals surface area contributed by atoms with Gasteiger partial charge in [-0.15, -0.1) is 0 Å². The van der Waals surface area contributed by atoms with Gasteiger partial charge in [-0.2, -0.15) is 0 Å². The van der Waals surface area contributed by atoms with Gasteiger partial charge in [0.25, 0.3) is 0 Å². The lowest BCUT2D eigenvalue weighted by molar-refractivity contribution is -0.128. The van der Waals surface area contributed by atoms with Crippen molar-refractivity contribution in [2.24, 2.45) is 4.99 Å². The lowest BCUT2D eigenvalue weighted by Crippen LogP contribution is -2.34. The SMILES string of the molecule is CCCCN=C1S[C@@H](CC(=O)Nc2cccc(C)c2)C(=O)N1CCCC. The molecule has 0 aliphatic carbocycles. The van der Waals surface area contributed by atoms with E-state index >= 15 is 0 Å². The third-order valence-corrected chi connectivity index (χ3v) is 5.40. The third kappa shape index (κ3) is 5.87. The maximum atomic E-state index is 12.7. The maximum Gasteiger partial charge on any atom is 0.242 e. The summed E-state index contributed by atoms with van der Waals surface area (Å²) in [6.45, 7) is 7.63. The average Bonchev–Trinajstić information content (AvgIpc) is 2.88. The molecule has 5 nitrogen and oxygen atoms in total. The minimum atomic E-state index is -0.378. The van der Waals surface area contributed by atoms with Gasteiger partial charge in [-0.3, -0.25) is 19.5 Å². The fourth-order valence-corrected chi connectivity index (χ4v) is 3.91. The van der Waals surface area contributed by atoms with Gasteiger partial charge in [0.2, 0.25) is 11.8 Å². The molecule has 6 heteroatoms. The maximum absolute atomic E-state index is 12.7. The zero-order valence-electron chi connectivity index (χ0n) is 16.0. The van der Waals surface area contributed by atoms with Crippen LogP contribution in [0.4, 0.5) is 5.69 Å². The Morgan fingerprint density at radius 2 is 2.04 bits per heavy atom. The Morgan fingerprint density at radius 3 is 2.73 bits per heavy atom. The highest BCUT2D eigenvalue weighted by Crippen LogP contribution is 2.30. The van der Waals surface area contributed by atoms with E-state index in [4.69, 9.17) is 0 Å². The number of amidine groups is 1. The highest BCUT2D eigenvalue weighted by atomic mass is 32.2. The van der Waals surface area contributed by atoms with E-state index in [0.717, 1.165) is 48.6 Å². The quantitative estimate of drug-likeness (QED) is 0.657. The number of carbonyl (C=O) groups is 2. The van der Waals surface area contributed by atoms with Crippen molar-refractivity contribution >= 4 is 34.4 Å². The van der Waals surface area contributed by atoms with Crippen LogP contribution in [0.3, 0.4) is 0 Å². The molecule has 1 N–H and O–H groups in total. The van der Waals surface area contributed by atoms with Crippen molar-refractivity contribution in [3.8, 4) is 0 Å². The summed E-state index contributed by atoms with van der Waals surface area (Å²) in [5.41, 5.74) is 1.86. The van der Waals surface area contributed by atoms with Crippen molar-refractivity contribution in [1.82, 2.24) is 4.90 Å². The highest BCUT2D eigenvalue weighted by Gasteiger charge is 2.38. The number of nitrogens with one attached hydrogen (secondary N) is 1. The number of carbonyl (C=O) groups excluding carboxylic acids is 2. The number of hydrogen-bond acceptors (Lipinski definition) is 4. The molecule has 1 aliphatic heterocycles. The largest absolute Gasteiger partial charge is 0.326 e. The summed E-state index contributed by atoms with van der Waals surface area (Å²) in [7, 11) is 0. The van der Waals surface area contributed by atoms with E-state index in [9.17, 15) is 9.59 Å². The van der Waals surface area contributed by atoms with Crippen molar-refractivity contribution in [3.63, 3.8) is 0 Å². The van der Waals surface area contributed by atoms with Gasteiger partial charge < -0.3 is 5.32 Å². The standard InChI is InChI=1S/C20H29N3O2S/c1-4-6-11-21-20-23(12-7-5-2)19(25)17(26-20)14-18(24)22-16-10-8-9-15(3)13-16/h8-10,13,17H,4-7,11-12,14H2,1-3H3,(H,22,24)/t17-/m0/s1. The predicted molar refractivity (Wildman–Crippen MR) is 110 cm³/mol. The van der Waals surface area contributed by atoms with Gasteiger partial charge in [0, 0.05) is 25.2 Å². The van der Waals surface area contributed by atoms with Gasteiger partial charge in [-0.05, 0) is 37.5 Å². The normalized spacial score (nSPS) is 18.6. The first-order valence-corrected chi connectivity index (χ1v) is 10.3. The molecule has 1 fully saturated rings. The fourth-order valence-electron chi connectivity index (χ4n) is 2.72. The number of hydrogen-bond donors (Lipinski definition) is 1. The molecule has 142 valence electrons. The van der Waals surface area contributed by atoms with Crippen LogP contribution in [0.15, 0.2) is 29.3 Å². The summed E-state index contributed by atoms with van der Waals surface area (Å²) in [4.78, 5) is 31.5. The second-order valence-electron chi connectivity index (χ2n) is 6.59. The van der Waals surface area contributed by atoms with Gasteiger partial charge in [0.1, 0.15) is 5.25 Å². The smallest absolute Gasteiger partial charge is 0.242 e. The minimum absolute atomic E-state index is 0.0121. The van der Waals surface area contributed by atoms with Crippen LogP contribution in [0.5, 0.6) is 0 Å². The van der Waals surface area contributed by atoms with Gasteiger partial charge in [-0.25, -0.2) is 0 Å². The summed E-state index contributed by atoms with van der Waals surface area (Å²) in [6, 6.07) is 7.68. The summed E-state index contributed by atoms with van der Waals surface area (Å²) in [6.07, 6.45) is 4.23. The van der Waals surface area contributed by atoms with E-state index in [-0.39, 0.29) is 23.5 Å². The number of rotatable bonds is 9. The highest BCUT2D eigenvalue weighted by molar-refractivity contribution is 8.15. The van der Waals surface area contributed by atoms with Crippen molar-refractivity contribution < 1.29 is 9.59 Å². The number of aliphatic imine (C=N–C) groups is 1. The molecule has 0 saturated carbocycles. The van der Waals surface area contributed by atoms with Crippen LogP contribution >= 0.6 is 11.8 Å². The lowest BCUT2D eigenvalue weighted by atomic mass is 10.2. The predicted octanol–water partition coefficient (Wildman–Crippen LogP) is 4.22. The minimum Gasteiger partial charge on any atom is -0.326 e. The second kappa shape index (κ2) is 10.4. The zero-order valence-corrected chi connectivity index (χ0v) is 16.8. The lowest BCUT2D eigenvalue weighted by Gasteiger charge is -2.15. The van der Waals surface area contributed by atoms with Crippen LogP contribution in [0.1, 0.15) is 51.5 Å². The van der Waals surface area contributed by atoms with Crippen LogP contribution in [0.2, 0.25) is 0 Å². The van der Waals surface area contributed by atoms with E-state index in [1.165, 1.54) is 11.8 Å². The number of unbranched alkanes of at least 4 members (excludes halogenated alkanes) is 2. The molecule has 1 aromatic rings. The first-order valence-electron chi connectivity index (χ1n) is 9.44. The fraction of sp³-hybridized carbons (Fsp3) is 0.550. The first-order chi connectivity index (χ1) is 12.5. The second-order valence-corrected chi connectivity index (χ2v) is 7.76. The van der Waals surface area contributed by atoms with Crippen LogP contribution < -0.4 is 5.32 Å². The first kappa shape index (κ1) is 20.5. The van der Waals surface area contributed by atoms with Crippen molar-refractivity contribution in [1.29, 1.82) is 0 Å². The number of amides is 2. The summed E-state index contributed by atoms with van der Waals surface area (Å²) in [5.74, 6) is -0.121. The molecule has 1 saturated heterocycles. The monoisotopic (exact) mass is 375 g/mol. The summed E-state index contributed by atoms with van der Waals surface area (Å²) >= 11 is 1.44. The molecule has 0 spiro atoms. The molecule has 2 rings (SSSR count). The van der Waals surface area contributed by atoms with Crippen molar-refractivity contribution in [3.05, 3.63) is 29.8 Å². The molecule has 1 atom stereocenters. The molecule has 0 aromatic heterocycles. The Hall–Kier alpha value is -1.82. The molecule has 1 aromatic carbocycles. The Bertz CT molecular complexity index is 660. The van der Waals surface area contributed by atoms with Gasteiger partial charge in [0.15, 0.2) is 5.17 Å². The van der Waals surface area contributed by atoms with Gasteiger partial charge in [0.05, 0.1) is 0 Å².